The highest BCUT2D eigenvalue weighted by atomic mass is 16.5. The largest absolute Gasteiger partial charge is 0.492 e. The zero-order chi connectivity index (χ0) is 31.8. The summed E-state index contributed by atoms with van der Waals surface area (Å²) in [6.07, 6.45) is 1.62. The molecule has 4 aromatic rings. The highest BCUT2D eigenvalue weighted by molar-refractivity contribution is 5.96. The van der Waals surface area contributed by atoms with Gasteiger partial charge in [0.2, 0.25) is 5.91 Å². The zero-order valence-corrected chi connectivity index (χ0v) is 24.9. The van der Waals surface area contributed by atoms with Gasteiger partial charge in [-0.15, -0.1) is 0 Å². The predicted molar refractivity (Wildman–Crippen MR) is 162 cm³/mol. The monoisotopic (exact) mass is 611 g/mol. The zero-order valence-electron chi connectivity index (χ0n) is 24.9. The van der Waals surface area contributed by atoms with Gasteiger partial charge in [0.1, 0.15) is 23.9 Å². The molecule has 0 saturated heterocycles. The second-order valence-electron chi connectivity index (χ2n) is 10.3. The molecule has 232 valence electrons. The van der Waals surface area contributed by atoms with Crippen molar-refractivity contribution in [2.45, 2.75) is 25.9 Å². The lowest BCUT2D eigenvalue weighted by Crippen LogP contribution is -2.43. The second kappa shape index (κ2) is 14.3. The predicted octanol–water partition coefficient (Wildman–Crippen LogP) is 2.66. The van der Waals surface area contributed by atoms with Gasteiger partial charge in [0.05, 0.1) is 31.8 Å². The van der Waals surface area contributed by atoms with Crippen LogP contribution < -0.4 is 15.4 Å². The van der Waals surface area contributed by atoms with Crippen LogP contribution in [0.5, 0.6) is 5.75 Å². The van der Waals surface area contributed by atoms with Crippen molar-refractivity contribution in [2.24, 2.45) is 0 Å². The molecule has 1 atom stereocenters. The number of methoxy groups -OCH3 is 1. The molecule has 0 unspecified atom stereocenters. The highest BCUT2D eigenvalue weighted by Gasteiger charge is 2.24. The summed E-state index contributed by atoms with van der Waals surface area (Å²) in [7, 11) is 1.25. The van der Waals surface area contributed by atoms with Crippen molar-refractivity contribution < 1.29 is 28.7 Å². The van der Waals surface area contributed by atoms with E-state index in [0.29, 0.717) is 35.9 Å². The summed E-state index contributed by atoms with van der Waals surface area (Å²) in [6, 6.07) is 18.6. The van der Waals surface area contributed by atoms with Crippen LogP contribution in [0.25, 0.3) is 11.4 Å². The third-order valence-electron chi connectivity index (χ3n) is 7.08. The third kappa shape index (κ3) is 7.68. The Bertz CT molecular complexity index is 1670. The quantitative estimate of drug-likeness (QED) is 0.332. The van der Waals surface area contributed by atoms with E-state index < -0.39 is 23.8 Å². The maximum Gasteiger partial charge on any atom is 0.339 e. The van der Waals surface area contributed by atoms with E-state index in [2.05, 4.69) is 20.7 Å². The molecule has 45 heavy (non-hydrogen) atoms. The molecular weight excluding hydrogens is 578 g/mol. The first-order chi connectivity index (χ1) is 21.8. The number of rotatable bonds is 3. The smallest absolute Gasteiger partial charge is 0.339 e. The van der Waals surface area contributed by atoms with Gasteiger partial charge >= 0.3 is 5.97 Å². The Hall–Kier alpha value is -5.59. The number of carbonyl (C=O) groups is 4. The van der Waals surface area contributed by atoms with Crippen LogP contribution in [-0.2, 0) is 16.1 Å². The van der Waals surface area contributed by atoms with Crippen molar-refractivity contribution in [3.8, 4) is 17.1 Å². The second-order valence-corrected chi connectivity index (χ2v) is 10.3. The molecule has 2 bridgehead atoms. The van der Waals surface area contributed by atoms with Gasteiger partial charge < -0.3 is 25.0 Å². The first kappa shape index (κ1) is 30.9. The molecule has 0 aliphatic carbocycles. The van der Waals surface area contributed by atoms with Crippen molar-refractivity contribution in [1.29, 1.82) is 0 Å². The number of amides is 3. The molecule has 0 spiro atoms. The number of hydrogen-bond donors (Lipinski definition) is 2. The Morgan fingerprint density at radius 1 is 1.00 bits per heavy atom. The minimum atomic E-state index is -0.581. The Morgan fingerprint density at radius 3 is 2.56 bits per heavy atom. The Morgan fingerprint density at radius 2 is 1.80 bits per heavy atom. The summed E-state index contributed by atoms with van der Waals surface area (Å²) < 4.78 is 12.3. The number of hydrogen-bond acceptors (Lipinski definition) is 9. The van der Waals surface area contributed by atoms with E-state index in [9.17, 15) is 19.2 Å². The van der Waals surface area contributed by atoms with E-state index in [0.717, 1.165) is 5.56 Å². The standard InChI is InChI=1S/C32H33N7O6/c1-21-29-36-28(22-8-4-3-5-9-22)37-39(29)16-17-45-25-11-6-10-23(18-25)30(41)33-14-7-15-38(20-27(40)35-21)31(42)26-13-12-24(19-34-26)32(43)44-2/h3-6,8-13,18-19,21H,7,14-17,20H2,1-2H3,(H,33,41)(H,35,40)/t21-/m0/s1. The minimum absolute atomic E-state index is 0.0544. The van der Waals surface area contributed by atoms with Crippen molar-refractivity contribution in [1.82, 2.24) is 35.3 Å². The molecule has 1 aliphatic rings. The molecule has 0 fully saturated rings. The fourth-order valence-electron chi connectivity index (χ4n) is 4.80. The summed E-state index contributed by atoms with van der Waals surface area (Å²) in [5.74, 6) is -0.270. The van der Waals surface area contributed by atoms with Crippen LogP contribution in [0.3, 0.4) is 0 Å². The first-order valence-electron chi connectivity index (χ1n) is 14.5. The number of carbonyl (C=O) groups excluding carboxylic acids is 4. The molecule has 2 N–H and O–H groups in total. The first-order valence-corrected chi connectivity index (χ1v) is 14.5. The number of benzene rings is 2. The average Bonchev–Trinajstić information content (AvgIpc) is 3.50. The molecule has 5 rings (SSSR count). The lowest BCUT2D eigenvalue weighted by molar-refractivity contribution is -0.122. The van der Waals surface area contributed by atoms with E-state index in [1.807, 2.05) is 30.3 Å². The molecule has 0 saturated carbocycles. The van der Waals surface area contributed by atoms with Crippen LogP contribution in [0, 0.1) is 0 Å². The normalized spacial score (nSPS) is 16.2. The lowest BCUT2D eigenvalue weighted by atomic mass is 10.2. The van der Waals surface area contributed by atoms with E-state index in [1.165, 1.54) is 30.3 Å². The third-order valence-corrected chi connectivity index (χ3v) is 7.08. The van der Waals surface area contributed by atoms with Gasteiger partial charge in [-0.05, 0) is 43.7 Å². The van der Waals surface area contributed by atoms with E-state index in [1.54, 1.807) is 35.9 Å². The molecule has 2 aromatic heterocycles. The number of aromatic nitrogens is 4. The molecule has 3 heterocycles. The molecular formula is C32H33N7O6. The van der Waals surface area contributed by atoms with Crippen molar-refractivity contribution in [3.05, 3.63) is 95.6 Å². The number of pyridine rings is 1. The fourth-order valence-corrected chi connectivity index (χ4v) is 4.80. The average molecular weight is 612 g/mol. The van der Waals surface area contributed by atoms with Crippen LogP contribution in [0.4, 0.5) is 0 Å². The van der Waals surface area contributed by atoms with Gasteiger partial charge in [-0.3, -0.25) is 19.4 Å². The van der Waals surface area contributed by atoms with Crippen molar-refractivity contribution >= 4 is 23.7 Å². The summed E-state index contributed by atoms with van der Waals surface area (Å²) in [5, 5.41) is 10.5. The molecule has 2 aromatic carbocycles. The van der Waals surface area contributed by atoms with Gasteiger partial charge in [0, 0.05) is 30.4 Å². The molecule has 13 heteroatoms. The number of ether oxygens (including phenoxy) is 2. The minimum Gasteiger partial charge on any atom is -0.492 e. The van der Waals surface area contributed by atoms with Crippen LogP contribution in [-0.4, -0.2) is 81.7 Å². The summed E-state index contributed by atoms with van der Waals surface area (Å²) in [4.78, 5) is 61.7. The van der Waals surface area contributed by atoms with Gasteiger partial charge in [0.15, 0.2) is 5.82 Å². The van der Waals surface area contributed by atoms with Crippen LogP contribution >= 0.6 is 0 Å². The van der Waals surface area contributed by atoms with Crippen molar-refractivity contribution in [3.63, 3.8) is 0 Å². The molecule has 0 radical (unpaired) electrons. The molecule has 3 amide bonds. The summed E-state index contributed by atoms with van der Waals surface area (Å²) >= 11 is 0. The Balaban J connectivity index is 1.42. The Kier molecular flexibility index (Phi) is 9.77. The van der Waals surface area contributed by atoms with Crippen LogP contribution in [0.1, 0.15) is 56.4 Å². The molecule has 13 nitrogen and oxygen atoms in total. The van der Waals surface area contributed by atoms with Crippen molar-refractivity contribution in [2.75, 3.05) is 33.4 Å². The van der Waals surface area contributed by atoms with Crippen LogP contribution in [0.15, 0.2) is 72.9 Å². The number of esters is 1. The number of fused-ring (bicyclic) bond motifs is 3. The lowest BCUT2D eigenvalue weighted by Gasteiger charge is -2.23. The van der Waals surface area contributed by atoms with E-state index in [4.69, 9.17) is 14.5 Å². The van der Waals surface area contributed by atoms with Gasteiger partial charge in [-0.2, -0.15) is 5.10 Å². The highest BCUT2D eigenvalue weighted by Crippen LogP contribution is 2.20. The van der Waals surface area contributed by atoms with Gasteiger partial charge in [-0.1, -0.05) is 36.4 Å². The summed E-state index contributed by atoms with van der Waals surface area (Å²) in [5.41, 5.74) is 1.49. The number of nitrogens with zero attached hydrogens (tertiary/aromatic N) is 5. The molecule has 1 aliphatic heterocycles. The van der Waals surface area contributed by atoms with Crippen LogP contribution in [0.2, 0.25) is 0 Å². The van der Waals surface area contributed by atoms with Gasteiger partial charge in [0.25, 0.3) is 11.8 Å². The Labute approximate surface area is 259 Å². The maximum atomic E-state index is 13.5. The number of nitrogens with one attached hydrogen (secondary N) is 2. The fraction of sp³-hybridized carbons (Fsp3) is 0.281. The van der Waals surface area contributed by atoms with Gasteiger partial charge in [-0.25, -0.2) is 14.5 Å². The van der Waals surface area contributed by atoms with E-state index >= 15 is 0 Å². The summed E-state index contributed by atoms with van der Waals surface area (Å²) in [6.45, 7) is 2.49. The SMILES string of the molecule is COC(=O)c1ccc(C(=O)N2CCCNC(=O)c3cccc(c3)OCCn3nc(-c4ccccc4)nc3[C@H](C)NC(=O)C2)nc1. The van der Waals surface area contributed by atoms with E-state index in [-0.39, 0.29) is 43.4 Å². The maximum absolute atomic E-state index is 13.5. The topological polar surface area (TPSA) is 158 Å².